The van der Waals surface area contributed by atoms with E-state index in [-0.39, 0.29) is 12.7 Å². The summed E-state index contributed by atoms with van der Waals surface area (Å²) in [7, 11) is 2.01. The number of aryl methyl sites for hydroxylation is 2. The van der Waals surface area contributed by atoms with Crippen LogP contribution in [0.25, 0.3) is 0 Å². The molecule has 24 heavy (non-hydrogen) atoms. The summed E-state index contributed by atoms with van der Waals surface area (Å²) in [5.74, 6) is 0.289. The quantitative estimate of drug-likeness (QED) is 0.780. The van der Waals surface area contributed by atoms with Crippen LogP contribution in [-0.4, -0.2) is 34.0 Å². The molecule has 0 amide bonds. The maximum absolute atomic E-state index is 9.38. The smallest absolute Gasteiger partial charge is 0.195 e. The zero-order valence-electron chi connectivity index (χ0n) is 13.8. The van der Waals surface area contributed by atoms with Gasteiger partial charge in [-0.1, -0.05) is 23.7 Å². The predicted octanol–water partition coefficient (Wildman–Crippen LogP) is 3.05. The van der Waals surface area contributed by atoms with Gasteiger partial charge in [-0.3, -0.25) is 0 Å². The number of hydrogen-bond donors (Lipinski definition) is 1. The summed E-state index contributed by atoms with van der Waals surface area (Å²) in [6.07, 6.45) is 7.08. The van der Waals surface area contributed by atoms with E-state index < -0.39 is 5.79 Å². The van der Waals surface area contributed by atoms with Crippen LogP contribution in [-0.2, 0) is 28.7 Å². The van der Waals surface area contributed by atoms with E-state index in [9.17, 15) is 5.11 Å². The molecule has 1 fully saturated rings. The van der Waals surface area contributed by atoms with Gasteiger partial charge in [-0.15, -0.1) is 0 Å². The van der Waals surface area contributed by atoms with Crippen molar-refractivity contribution in [3.63, 3.8) is 0 Å². The molecule has 0 aliphatic carbocycles. The Bertz CT molecular complexity index is 659. The molecule has 130 valence electrons. The number of ether oxygens (including phenoxy) is 2. The first-order valence-corrected chi connectivity index (χ1v) is 8.65. The standard InChI is InChI=1S/C18H23ClN2O3/c1-21-11-10-20-17(21)4-2-3-9-18(23-13-16(12-22)24-18)14-5-7-15(19)8-6-14/h5-8,10-11,16,22H,2-4,9,12-13H2,1H3. The number of unbranched alkanes of at least 4 members (excludes halogenated alkanes) is 1. The van der Waals surface area contributed by atoms with Gasteiger partial charge in [0.25, 0.3) is 0 Å². The normalized spacial score (nSPS) is 23.7. The van der Waals surface area contributed by atoms with Crippen LogP contribution in [0.15, 0.2) is 36.7 Å². The highest BCUT2D eigenvalue weighted by Crippen LogP contribution is 2.39. The van der Waals surface area contributed by atoms with E-state index in [1.54, 1.807) is 0 Å². The van der Waals surface area contributed by atoms with Gasteiger partial charge in [-0.2, -0.15) is 0 Å². The number of imidazole rings is 1. The van der Waals surface area contributed by atoms with E-state index in [0.717, 1.165) is 37.1 Å². The fraction of sp³-hybridized carbons (Fsp3) is 0.500. The van der Waals surface area contributed by atoms with Crippen molar-refractivity contribution in [3.05, 3.63) is 53.1 Å². The second-order valence-electron chi connectivity index (χ2n) is 6.15. The Labute approximate surface area is 147 Å². The van der Waals surface area contributed by atoms with Crippen LogP contribution in [0.2, 0.25) is 5.02 Å². The lowest BCUT2D eigenvalue weighted by Crippen LogP contribution is -2.29. The van der Waals surface area contributed by atoms with Gasteiger partial charge in [0.2, 0.25) is 0 Å². The molecule has 2 atom stereocenters. The number of hydrogen-bond acceptors (Lipinski definition) is 4. The van der Waals surface area contributed by atoms with Crippen LogP contribution in [0.3, 0.4) is 0 Å². The average molecular weight is 351 g/mol. The zero-order valence-corrected chi connectivity index (χ0v) is 14.6. The molecule has 1 aromatic carbocycles. The monoisotopic (exact) mass is 350 g/mol. The molecule has 3 rings (SSSR count). The van der Waals surface area contributed by atoms with Crippen LogP contribution in [0.1, 0.15) is 30.7 Å². The van der Waals surface area contributed by atoms with Crippen molar-refractivity contribution in [2.75, 3.05) is 13.2 Å². The highest BCUT2D eigenvalue weighted by molar-refractivity contribution is 6.30. The molecule has 5 nitrogen and oxygen atoms in total. The van der Waals surface area contributed by atoms with Gasteiger partial charge >= 0.3 is 0 Å². The SMILES string of the molecule is Cn1ccnc1CCCCC1(c2ccc(Cl)cc2)OCC(CO)O1. The number of aliphatic hydroxyl groups is 1. The highest BCUT2D eigenvalue weighted by Gasteiger charge is 2.42. The molecule has 6 heteroatoms. The minimum Gasteiger partial charge on any atom is -0.394 e. The third-order valence-corrected chi connectivity index (χ3v) is 4.68. The van der Waals surface area contributed by atoms with Crippen molar-refractivity contribution in [1.29, 1.82) is 0 Å². The van der Waals surface area contributed by atoms with Crippen molar-refractivity contribution in [1.82, 2.24) is 9.55 Å². The maximum atomic E-state index is 9.38. The van der Waals surface area contributed by atoms with E-state index in [4.69, 9.17) is 21.1 Å². The third-order valence-electron chi connectivity index (χ3n) is 4.42. The largest absolute Gasteiger partial charge is 0.394 e. The van der Waals surface area contributed by atoms with Gasteiger partial charge in [0.1, 0.15) is 11.9 Å². The molecule has 0 spiro atoms. The lowest BCUT2D eigenvalue weighted by molar-refractivity contribution is -0.185. The van der Waals surface area contributed by atoms with Crippen LogP contribution in [0, 0.1) is 0 Å². The number of aliphatic hydroxyl groups excluding tert-OH is 1. The summed E-state index contributed by atoms with van der Waals surface area (Å²) in [5, 5.41) is 10.1. The minimum atomic E-state index is -0.792. The molecule has 1 aliphatic heterocycles. The number of halogens is 1. The van der Waals surface area contributed by atoms with Crippen LogP contribution >= 0.6 is 11.6 Å². The summed E-state index contributed by atoms with van der Waals surface area (Å²) in [4.78, 5) is 4.35. The van der Waals surface area contributed by atoms with Crippen LogP contribution in [0.4, 0.5) is 0 Å². The van der Waals surface area contributed by atoms with Crippen molar-refractivity contribution < 1.29 is 14.6 Å². The number of rotatable bonds is 7. The Kier molecular flexibility index (Phi) is 5.56. The first kappa shape index (κ1) is 17.4. The molecule has 2 unspecified atom stereocenters. The third kappa shape index (κ3) is 3.81. The molecule has 2 aromatic rings. The lowest BCUT2D eigenvalue weighted by Gasteiger charge is -2.28. The number of nitrogens with zero attached hydrogens (tertiary/aromatic N) is 2. The van der Waals surface area contributed by atoms with E-state index in [1.165, 1.54) is 0 Å². The zero-order chi connectivity index (χ0) is 17.0. The summed E-state index contributed by atoms with van der Waals surface area (Å²) in [6, 6.07) is 7.54. The van der Waals surface area contributed by atoms with E-state index in [0.29, 0.717) is 11.6 Å². The average Bonchev–Trinajstić information content (AvgIpc) is 3.19. The molecule has 0 radical (unpaired) electrons. The lowest BCUT2D eigenvalue weighted by atomic mass is 9.99. The molecule has 0 bridgehead atoms. The van der Waals surface area contributed by atoms with Gasteiger partial charge in [0, 0.05) is 42.9 Å². The second-order valence-corrected chi connectivity index (χ2v) is 6.59. The molecule has 0 saturated carbocycles. The Morgan fingerprint density at radius 1 is 1.33 bits per heavy atom. The fourth-order valence-electron chi connectivity index (χ4n) is 3.06. The van der Waals surface area contributed by atoms with Gasteiger partial charge < -0.3 is 19.1 Å². The Morgan fingerprint density at radius 2 is 2.12 bits per heavy atom. The molecule has 1 N–H and O–H groups in total. The Hall–Kier alpha value is -1.40. The van der Waals surface area contributed by atoms with Crippen molar-refractivity contribution >= 4 is 11.6 Å². The summed E-state index contributed by atoms with van der Waals surface area (Å²) >= 11 is 5.99. The molecule has 1 aromatic heterocycles. The van der Waals surface area contributed by atoms with Gasteiger partial charge in [0.15, 0.2) is 5.79 Å². The first-order chi connectivity index (χ1) is 11.6. The van der Waals surface area contributed by atoms with Crippen molar-refractivity contribution in [3.8, 4) is 0 Å². The van der Waals surface area contributed by atoms with Gasteiger partial charge in [0.05, 0.1) is 13.2 Å². The maximum Gasteiger partial charge on any atom is 0.195 e. The fourth-order valence-corrected chi connectivity index (χ4v) is 3.19. The highest BCUT2D eigenvalue weighted by atomic mass is 35.5. The second kappa shape index (κ2) is 7.66. The summed E-state index contributed by atoms with van der Waals surface area (Å²) in [6.45, 7) is 0.362. The van der Waals surface area contributed by atoms with Crippen molar-refractivity contribution in [2.45, 2.75) is 37.6 Å². The van der Waals surface area contributed by atoms with E-state index in [1.807, 2.05) is 48.3 Å². The van der Waals surface area contributed by atoms with E-state index >= 15 is 0 Å². The minimum absolute atomic E-state index is 0.0391. The van der Waals surface area contributed by atoms with Crippen LogP contribution in [0.5, 0.6) is 0 Å². The Morgan fingerprint density at radius 3 is 2.75 bits per heavy atom. The summed E-state index contributed by atoms with van der Waals surface area (Å²) < 4.78 is 14.1. The Balaban J connectivity index is 1.65. The molecular formula is C18H23ClN2O3. The number of aromatic nitrogens is 2. The number of benzene rings is 1. The van der Waals surface area contributed by atoms with Crippen molar-refractivity contribution in [2.24, 2.45) is 7.05 Å². The molecule has 1 aliphatic rings. The van der Waals surface area contributed by atoms with Crippen LogP contribution < -0.4 is 0 Å². The first-order valence-electron chi connectivity index (χ1n) is 8.28. The van der Waals surface area contributed by atoms with Gasteiger partial charge in [-0.05, 0) is 25.0 Å². The molecule has 2 heterocycles. The van der Waals surface area contributed by atoms with Gasteiger partial charge in [-0.25, -0.2) is 4.98 Å². The topological polar surface area (TPSA) is 56.5 Å². The summed E-state index contributed by atoms with van der Waals surface area (Å²) in [5.41, 5.74) is 0.944. The van der Waals surface area contributed by atoms with E-state index in [2.05, 4.69) is 4.98 Å². The molecule has 1 saturated heterocycles. The predicted molar refractivity (Wildman–Crippen MR) is 91.8 cm³/mol. The molecular weight excluding hydrogens is 328 g/mol.